The summed E-state index contributed by atoms with van der Waals surface area (Å²) in [6.07, 6.45) is 3.64. The summed E-state index contributed by atoms with van der Waals surface area (Å²) in [5, 5.41) is 19.4. The summed E-state index contributed by atoms with van der Waals surface area (Å²) in [6.45, 7) is 3.13. The van der Waals surface area contributed by atoms with E-state index in [1.54, 1.807) is 4.68 Å². The minimum Gasteiger partial charge on any atom is -0.476 e. The molecule has 0 bridgehead atoms. The lowest BCUT2D eigenvalue weighted by Gasteiger charge is -2.27. The molecule has 1 aliphatic rings. The Morgan fingerprint density at radius 3 is 3.00 bits per heavy atom. The second-order valence-electron chi connectivity index (χ2n) is 4.00. The Morgan fingerprint density at radius 2 is 2.47 bits per heavy atom. The molecule has 2 rings (SSSR count). The van der Waals surface area contributed by atoms with Crippen LogP contribution >= 0.6 is 0 Å². The number of aromatic carboxylic acids is 1. The Hall–Kier alpha value is -1.43. The van der Waals surface area contributed by atoms with Gasteiger partial charge >= 0.3 is 5.97 Å². The van der Waals surface area contributed by atoms with E-state index in [4.69, 9.17) is 5.11 Å². The monoisotopic (exact) mass is 210 g/mol. The third-order valence-corrected chi connectivity index (χ3v) is 2.68. The lowest BCUT2D eigenvalue weighted by molar-refractivity contribution is 0.0690. The standard InChI is InChI=1S/C9H14N4O2/c1-6-2-3-8(10-4-6)13-5-7(9(14)15)11-12-13/h5-6,8,10H,2-4H2,1H3,(H,14,15)/t6-,8+/m0/s1. The highest BCUT2D eigenvalue weighted by molar-refractivity contribution is 5.84. The maximum atomic E-state index is 10.6. The highest BCUT2D eigenvalue weighted by atomic mass is 16.4. The molecule has 1 aromatic heterocycles. The molecular formula is C9H14N4O2. The molecule has 0 saturated carbocycles. The molecule has 6 nitrogen and oxygen atoms in total. The summed E-state index contributed by atoms with van der Waals surface area (Å²) < 4.78 is 1.59. The lowest BCUT2D eigenvalue weighted by Crippen LogP contribution is -2.35. The van der Waals surface area contributed by atoms with Crippen LogP contribution in [0, 0.1) is 5.92 Å². The van der Waals surface area contributed by atoms with Gasteiger partial charge < -0.3 is 5.11 Å². The maximum absolute atomic E-state index is 10.6. The summed E-state index contributed by atoms with van der Waals surface area (Å²) in [7, 11) is 0. The van der Waals surface area contributed by atoms with Crippen molar-refractivity contribution >= 4 is 5.97 Å². The molecular weight excluding hydrogens is 196 g/mol. The van der Waals surface area contributed by atoms with Crippen molar-refractivity contribution in [2.24, 2.45) is 5.92 Å². The van der Waals surface area contributed by atoms with Gasteiger partial charge in [0, 0.05) is 0 Å². The fourth-order valence-electron chi connectivity index (χ4n) is 1.74. The zero-order chi connectivity index (χ0) is 10.8. The zero-order valence-corrected chi connectivity index (χ0v) is 8.55. The van der Waals surface area contributed by atoms with Gasteiger partial charge in [0.2, 0.25) is 0 Å². The second-order valence-corrected chi connectivity index (χ2v) is 4.00. The SMILES string of the molecule is C[C@H]1CC[C@@H](n2cc(C(=O)O)nn2)NC1. The van der Waals surface area contributed by atoms with Gasteiger partial charge in [-0.25, -0.2) is 9.48 Å². The van der Waals surface area contributed by atoms with Crippen molar-refractivity contribution in [2.75, 3.05) is 6.54 Å². The molecule has 1 saturated heterocycles. The number of carboxylic acid groups (broad SMARTS) is 1. The predicted octanol–water partition coefficient (Wildman–Crippen LogP) is 0.494. The van der Waals surface area contributed by atoms with Crippen molar-refractivity contribution in [3.05, 3.63) is 11.9 Å². The third kappa shape index (κ3) is 2.15. The average Bonchev–Trinajstić information content (AvgIpc) is 2.68. The van der Waals surface area contributed by atoms with Gasteiger partial charge in [0.05, 0.1) is 6.20 Å². The van der Waals surface area contributed by atoms with E-state index in [2.05, 4.69) is 22.6 Å². The molecule has 0 unspecified atom stereocenters. The summed E-state index contributed by atoms with van der Waals surface area (Å²) in [6, 6.07) is 0. The Balaban J connectivity index is 2.06. The van der Waals surface area contributed by atoms with Crippen LogP contribution in [0.25, 0.3) is 0 Å². The van der Waals surface area contributed by atoms with Crippen LogP contribution in [0.4, 0.5) is 0 Å². The number of nitrogens with zero attached hydrogens (tertiary/aromatic N) is 3. The summed E-state index contributed by atoms with van der Waals surface area (Å²) >= 11 is 0. The molecule has 0 aliphatic carbocycles. The Bertz CT molecular complexity index is 355. The van der Waals surface area contributed by atoms with Gasteiger partial charge in [0.1, 0.15) is 6.17 Å². The zero-order valence-electron chi connectivity index (χ0n) is 8.55. The Morgan fingerprint density at radius 1 is 1.67 bits per heavy atom. The van der Waals surface area contributed by atoms with Crippen LogP contribution in [0.15, 0.2) is 6.20 Å². The van der Waals surface area contributed by atoms with Crippen LogP contribution in [-0.4, -0.2) is 32.6 Å². The number of nitrogens with one attached hydrogen (secondary N) is 1. The van der Waals surface area contributed by atoms with Gasteiger partial charge in [-0.05, 0) is 25.3 Å². The Labute approximate surface area is 87.3 Å². The number of hydrogen-bond donors (Lipinski definition) is 2. The van der Waals surface area contributed by atoms with E-state index in [1.165, 1.54) is 6.20 Å². The minimum absolute atomic E-state index is 0.00424. The van der Waals surface area contributed by atoms with E-state index >= 15 is 0 Å². The minimum atomic E-state index is -1.04. The number of carboxylic acids is 1. The largest absolute Gasteiger partial charge is 0.476 e. The number of carbonyl (C=O) groups is 1. The van der Waals surface area contributed by atoms with Crippen molar-refractivity contribution in [3.63, 3.8) is 0 Å². The first-order valence-electron chi connectivity index (χ1n) is 5.05. The summed E-state index contributed by atoms with van der Waals surface area (Å²) in [5.74, 6) is -0.367. The molecule has 0 radical (unpaired) electrons. The average molecular weight is 210 g/mol. The van der Waals surface area contributed by atoms with E-state index in [0.717, 1.165) is 19.4 Å². The molecule has 82 valence electrons. The van der Waals surface area contributed by atoms with Crippen molar-refractivity contribution in [1.29, 1.82) is 0 Å². The normalized spacial score (nSPS) is 26.5. The summed E-state index contributed by atoms with van der Waals surface area (Å²) in [5.41, 5.74) is -0.00424. The van der Waals surface area contributed by atoms with Gasteiger partial charge in [-0.2, -0.15) is 0 Å². The molecule has 2 atom stereocenters. The molecule has 1 aliphatic heterocycles. The topological polar surface area (TPSA) is 80.0 Å². The third-order valence-electron chi connectivity index (χ3n) is 2.68. The van der Waals surface area contributed by atoms with Gasteiger partial charge in [-0.1, -0.05) is 12.1 Å². The van der Waals surface area contributed by atoms with Crippen LogP contribution in [0.5, 0.6) is 0 Å². The predicted molar refractivity (Wildman–Crippen MR) is 52.4 cm³/mol. The Kier molecular flexibility index (Phi) is 2.68. The van der Waals surface area contributed by atoms with Crippen LogP contribution in [0.3, 0.4) is 0 Å². The fourth-order valence-corrected chi connectivity index (χ4v) is 1.74. The number of aromatic nitrogens is 3. The van der Waals surface area contributed by atoms with Crippen LogP contribution < -0.4 is 5.32 Å². The van der Waals surface area contributed by atoms with Crippen molar-refractivity contribution < 1.29 is 9.90 Å². The van der Waals surface area contributed by atoms with E-state index in [1.807, 2.05) is 0 Å². The van der Waals surface area contributed by atoms with Crippen LogP contribution in [0.1, 0.15) is 36.4 Å². The van der Waals surface area contributed by atoms with Gasteiger partial charge in [0.25, 0.3) is 0 Å². The molecule has 2 heterocycles. The van der Waals surface area contributed by atoms with Crippen LogP contribution in [0.2, 0.25) is 0 Å². The van der Waals surface area contributed by atoms with Gasteiger partial charge in [-0.15, -0.1) is 5.10 Å². The quantitative estimate of drug-likeness (QED) is 0.742. The van der Waals surface area contributed by atoms with Crippen molar-refractivity contribution in [1.82, 2.24) is 20.3 Å². The smallest absolute Gasteiger partial charge is 0.358 e. The van der Waals surface area contributed by atoms with E-state index < -0.39 is 5.97 Å². The maximum Gasteiger partial charge on any atom is 0.358 e. The van der Waals surface area contributed by atoms with E-state index in [9.17, 15) is 4.79 Å². The molecule has 0 spiro atoms. The number of rotatable bonds is 2. The first-order chi connectivity index (χ1) is 7.16. The van der Waals surface area contributed by atoms with E-state index in [0.29, 0.717) is 5.92 Å². The van der Waals surface area contributed by atoms with Crippen LogP contribution in [-0.2, 0) is 0 Å². The molecule has 6 heteroatoms. The second kappa shape index (κ2) is 3.98. The highest BCUT2D eigenvalue weighted by Crippen LogP contribution is 2.19. The van der Waals surface area contributed by atoms with Gasteiger partial charge in [-0.3, -0.25) is 5.32 Å². The van der Waals surface area contributed by atoms with Gasteiger partial charge in [0.15, 0.2) is 5.69 Å². The number of hydrogen-bond acceptors (Lipinski definition) is 4. The molecule has 1 aromatic rings. The summed E-state index contributed by atoms with van der Waals surface area (Å²) in [4.78, 5) is 10.6. The molecule has 0 aromatic carbocycles. The lowest BCUT2D eigenvalue weighted by atomic mass is 10.0. The molecule has 15 heavy (non-hydrogen) atoms. The van der Waals surface area contributed by atoms with E-state index in [-0.39, 0.29) is 11.9 Å². The van der Waals surface area contributed by atoms with Crippen molar-refractivity contribution in [3.8, 4) is 0 Å². The first kappa shape index (κ1) is 10.1. The number of piperidine rings is 1. The first-order valence-corrected chi connectivity index (χ1v) is 5.05. The van der Waals surface area contributed by atoms with Crippen molar-refractivity contribution in [2.45, 2.75) is 25.9 Å². The fraction of sp³-hybridized carbons (Fsp3) is 0.667. The molecule has 1 fully saturated rings. The molecule has 2 N–H and O–H groups in total. The highest BCUT2D eigenvalue weighted by Gasteiger charge is 2.20. The molecule has 0 amide bonds.